The normalized spacial score (nSPS) is 12.7. The van der Waals surface area contributed by atoms with Gasteiger partial charge in [-0.25, -0.2) is 4.79 Å². The highest BCUT2D eigenvalue weighted by Gasteiger charge is 2.19. The van der Waals surface area contributed by atoms with Crippen LogP contribution in [0, 0.1) is 5.92 Å². The Bertz CT molecular complexity index is 574. The molecule has 0 saturated heterocycles. The van der Waals surface area contributed by atoms with E-state index in [4.69, 9.17) is 4.42 Å². The molecule has 102 valence electrons. The minimum Gasteiger partial charge on any atom is -0.478 e. The number of benzene rings is 1. The zero-order valence-electron chi connectivity index (χ0n) is 11.2. The molecule has 0 amide bonds. The second-order valence-corrected chi connectivity index (χ2v) is 5.76. The van der Waals surface area contributed by atoms with Gasteiger partial charge in [0, 0.05) is 5.39 Å². The number of carboxylic acid groups (broad SMARTS) is 1. The van der Waals surface area contributed by atoms with Crippen molar-refractivity contribution in [1.82, 2.24) is 0 Å². The lowest BCUT2D eigenvalue weighted by Gasteiger charge is -2.06. The van der Waals surface area contributed by atoms with Crippen LogP contribution >= 0.6 is 11.8 Å². The third-order valence-electron chi connectivity index (χ3n) is 3.21. The molecule has 0 aliphatic heterocycles. The summed E-state index contributed by atoms with van der Waals surface area (Å²) < 4.78 is 5.67. The van der Waals surface area contributed by atoms with Crippen LogP contribution in [0.25, 0.3) is 11.0 Å². The lowest BCUT2D eigenvalue weighted by atomic mass is 10.1. The Morgan fingerprint density at radius 2 is 2.16 bits per heavy atom. The van der Waals surface area contributed by atoms with Gasteiger partial charge in [0.15, 0.2) is 0 Å². The van der Waals surface area contributed by atoms with Gasteiger partial charge in [-0.3, -0.25) is 0 Å². The third kappa shape index (κ3) is 3.13. The van der Waals surface area contributed by atoms with E-state index >= 15 is 0 Å². The molecule has 1 heterocycles. The van der Waals surface area contributed by atoms with E-state index < -0.39 is 5.97 Å². The second-order valence-electron chi connectivity index (χ2n) is 4.73. The van der Waals surface area contributed by atoms with Crippen LogP contribution in [0.2, 0.25) is 0 Å². The number of thioether (sulfide) groups is 1. The fourth-order valence-electron chi connectivity index (χ4n) is 1.90. The highest BCUT2D eigenvalue weighted by molar-refractivity contribution is 7.98. The predicted molar refractivity (Wildman–Crippen MR) is 78.8 cm³/mol. The van der Waals surface area contributed by atoms with Crippen LogP contribution in [0.1, 0.15) is 36.4 Å². The molecule has 1 atom stereocenters. The lowest BCUT2D eigenvalue weighted by Crippen LogP contribution is -2.00. The summed E-state index contributed by atoms with van der Waals surface area (Å²) in [6.45, 7) is 4.36. The molecule has 0 fully saturated rings. The molecule has 2 rings (SSSR count). The third-order valence-corrected chi connectivity index (χ3v) is 4.49. The van der Waals surface area contributed by atoms with Gasteiger partial charge in [0.25, 0.3) is 0 Å². The van der Waals surface area contributed by atoms with Crippen LogP contribution < -0.4 is 0 Å². The molecule has 0 saturated carbocycles. The molecule has 19 heavy (non-hydrogen) atoms. The summed E-state index contributed by atoms with van der Waals surface area (Å²) in [7, 11) is 0. The summed E-state index contributed by atoms with van der Waals surface area (Å²) in [5.74, 6) is 1.93. The van der Waals surface area contributed by atoms with Gasteiger partial charge < -0.3 is 9.52 Å². The summed E-state index contributed by atoms with van der Waals surface area (Å²) >= 11 is 1.73. The van der Waals surface area contributed by atoms with Gasteiger partial charge in [-0.15, -0.1) is 0 Å². The Morgan fingerprint density at radius 1 is 1.42 bits per heavy atom. The first-order valence-electron chi connectivity index (χ1n) is 6.45. The first kappa shape index (κ1) is 14.0. The van der Waals surface area contributed by atoms with Crippen molar-refractivity contribution in [2.45, 2.75) is 26.0 Å². The largest absolute Gasteiger partial charge is 0.478 e. The number of hydrogen-bond acceptors (Lipinski definition) is 3. The summed E-state index contributed by atoms with van der Waals surface area (Å²) in [6.07, 6.45) is 1.14. The number of para-hydroxylation sites is 1. The first-order valence-corrected chi connectivity index (χ1v) is 7.60. The summed E-state index contributed by atoms with van der Waals surface area (Å²) in [5, 5.41) is 10.0. The fraction of sp³-hybridized carbons (Fsp3) is 0.400. The van der Waals surface area contributed by atoms with Crippen molar-refractivity contribution in [3.8, 4) is 0 Å². The van der Waals surface area contributed by atoms with Crippen LogP contribution in [0.15, 0.2) is 28.7 Å². The van der Waals surface area contributed by atoms with Gasteiger partial charge in [0.05, 0.1) is 5.75 Å². The van der Waals surface area contributed by atoms with Crippen molar-refractivity contribution in [2.24, 2.45) is 5.92 Å². The molecule has 1 unspecified atom stereocenters. The molecular weight excluding hydrogens is 260 g/mol. The number of rotatable bonds is 6. The monoisotopic (exact) mass is 278 g/mol. The lowest BCUT2D eigenvalue weighted by molar-refractivity contribution is 0.0697. The molecule has 1 aromatic carbocycles. The molecule has 4 heteroatoms. The highest BCUT2D eigenvalue weighted by Crippen LogP contribution is 2.29. The van der Waals surface area contributed by atoms with Gasteiger partial charge >= 0.3 is 5.97 Å². The van der Waals surface area contributed by atoms with Gasteiger partial charge in [-0.05, 0) is 17.7 Å². The second kappa shape index (κ2) is 6.15. The van der Waals surface area contributed by atoms with E-state index in [-0.39, 0.29) is 0 Å². The highest BCUT2D eigenvalue weighted by atomic mass is 32.2. The first-order chi connectivity index (χ1) is 9.13. The molecule has 1 aromatic heterocycles. The van der Waals surface area contributed by atoms with Crippen molar-refractivity contribution in [3.05, 3.63) is 35.6 Å². The van der Waals surface area contributed by atoms with E-state index in [0.29, 0.717) is 34.0 Å². The van der Waals surface area contributed by atoms with Crippen molar-refractivity contribution in [2.75, 3.05) is 5.75 Å². The average molecular weight is 278 g/mol. The quantitative estimate of drug-likeness (QED) is 0.850. The van der Waals surface area contributed by atoms with E-state index in [2.05, 4.69) is 13.8 Å². The van der Waals surface area contributed by atoms with Crippen molar-refractivity contribution in [1.29, 1.82) is 0 Å². The molecule has 0 aliphatic carbocycles. The van der Waals surface area contributed by atoms with E-state index in [1.54, 1.807) is 17.8 Å². The summed E-state index contributed by atoms with van der Waals surface area (Å²) in [5.41, 5.74) is 0.964. The molecular formula is C15H18O3S. The SMILES string of the molecule is CCC(C)CSCc1oc2ccccc2c1C(=O)O. The molecule has 0 radical (unpaired) electrons. The van der Waals surface area contributed by atoms with Gasteiger partial charge in [0.2, 0.25) is 0 Å². The molecule has 0 bridgehead atoms. The van der Waals surface area contributed by atoms with E-state index in [1.165, 1.54) is 0 Å². The van der Waals surface area contributed by atoms with Gasteiger partial charge in [0.1, 0.15) is 16.9 Å². The standard InChI is InChI=1S/C15H18O3S/c1-3-10(2)8-19-9-13-14(15(16)17)11-6-4-5-7-12(11)18-13/h4-7,10H,3,8-9H2,1-2H3,(H,16,17). The minimum atomic E-state index is -0.913. The predicted octanol–water partition coefficient (Wildman–Crippen LogP) is 4.41. The molecule has 0 aliphatic rings. The number of hydrogen-bond donors (Lipinski definition) is 1. The van der Waals surface area contributed by atoms with Crippen molar-refractivity contribution >= 4 is 28.7 Å². The maximum absolute atomic E-state index is 11.4. The Balaban J connectivity index is 2.22. The van der Waals surface area contributed by atoms with E-state index in [9.17, 15) is 9.90 Å². The summed E-state index contributed by atoms with van der Waals surface area (Å²) in [4.78, 5) is 11.4. The zero-order chi connectivity index (χ0) is 13.8. The average Bonchev–Trinajstić information content (AvgIpc) is 2.76. The molecule has 2 aromatic rings. The smallest absolute Gasteiger partial charge is 0.339 e. The van der Waals surface area contributed by atoms with Gasteiger partial charge in [-0.2, -0.15) is 11.8 Å². The maximum Gasteiger partial charge on any atom is 0.339 e. The van der Waals surface area contributed by atoms with Gasteiger partial charge in [-0.1, -0.05) is 38.5 Å². The minimum absolute atomic E-state index is 0.312. The zero-order valence-corrected chi connectivity index (χ0v) is 12.0. The molecule has 3 nitrogen and oxygen atoms in total. The maximum atomic E-state index is 11.4. The molecule has 1 N–H and O–H groups in total. The number of aromatic carboxylic acids is 1. The van der Waals surface area contributed by atoms with E-state index in [0.717, 1.165) is 12.2 Å². The van der Waals surface area contributed by atoms with E-state index in [1.807, 2.05) is 18.2 Å². The number of furan rings is 1. The van der Waals surface area contributed by atoms with Crippen molar-refractivity contribution < 1.29 is 14.3 Å². The Hall–Kier alpha value is -1.42. The Morgan fingerprint density at radius 3 is 2.84 bits per heavy atom. The van der Waals surface area contributed by atoms with Crippen LogP contribution in [-0.2, 0) is 5.75 Å². The van der Waals surface area contributed by atoms with Crippen molar-refractivity contribution in [3.63, 3.8) is 0 Å². The molecule has 0 spiro atoms. The Labute approximate surface area is 117 Å². The number of carbonyl (C=O) groups is 1. The van der Waals surface area contributed by atoms with Crippen LogP contribution in [0.3, 0.4) is 0 Å². The fourth-order valence-corrected chi connectivity index (χ4v) is 3.05. The van der Waals surface area contributed by atoms with Crippen LogP contribution in [0.5, 0.6) is 0 Å². The number of carboxylic acids is 1. The summed E-state index contributed by atoms with van der Waals surface area (Å²) in [6, 6.07) is 7.30. The Kier molecular flexibility index (Phi) is 4.53. The van der Waals surface area contributed by atoms with Crippen LogP contribution in [-0.4, -0.2) is 16.8 Å². The topological polar surface area (TPSA) is 50.4 Å². The number of fused-ring (bicyclic) bond motifs is 1. The van der Waals surface area contributed by atoms with Crippen LogP contribution in [0.4, 0.5) is 0 Å².